The lowest BCUT2D eigenvalue weighted by Gasteiger charge is -2.07. The predicted molar refractivity (Wildman–Crippen MR) is 108 cm³/mol. The molecular weight excluding hydrogens is 364 g/mol. The normalized spacial score (nSPS) is 11.4. The second kappa shape index (κ2) is 8.51. The molecule has 7 heteroatoms. The topological polar surface area (TPSA) is 86.3 Å². The molecule has 3 aromatic rings. The molecule has 0 saturated heterocycles. The molecule has 0 atom stereocenters. The van der Waals surface area contributed by atoms with Gasteiger partial charge in [-0.2, -0.15) is 5.10 Å². The van der Waals surface area contributed by atoms with E-state index < -0.39 is 0 Å². The number of rotatable bonds is 6. The van der Waals surface area contributed by atoms with Crippen LogP contribution in [0.3, 0.4) is 0 Å². The SMILES string of the molecule is C/C(CC(=O)Nc1ccccc1Cl)=N/NC(=O)Cc1c[nH]c2ccccc12. The second-order valence-electron chi connectivity index (χ2n) is 6.12. The van der Waals surface area contributed by atoms with Crippen molar-refractivity contribution in [2.45, 2.75) is 19.8 Å². The third-order valence-corrected chi connectivity index (χ3v) is 4.29. The van der Waals surface area contributed by atoms with Crippen LogP contribution in [0.1, 0.15) is 18.9 Å². The molecule has 0 aliphatic heterocycles. The van der Waals surface area contributed by atoms with Crippen molar-refractivity contribution in [3.05, 3.63) is 65.3 Å². The third kappa shape index (κ3) is 4.95. The summed E-state index contributed by atoms with van der Waals surface area (Å²) in [4.78, 5) is 27.3. The van der Waals surface area contributed by atoms with Crippen LogP contribution in [0.4, 0.5) is 5.69 Å². The molecule has 0 aliphatic rings. The molecule has 1 heterocycles. The van der Waals surface area contributed by atoms with Crippen LogP contribution in [0, 0.1) is 0 Å². The number of carbonyl (C=O) groups excluding carboxylic acids is 2. The van der Waals surface area contributed by atoms with E-state index in [1.807, 2.05) is 30.5 Å². The van der Waals surface area contributed by atoms with Crippen LogP contribution < -0.4 is 10.7 Å². The summed E-state index contributed by atoms with van der Waals surface area (Å²) in [7, 11) is 0. The molecule has 2 aromatic carbocycles. The van der Waals surface area contributed by atoms with Crippen molar-refractivity contribution in [3.8, 4) is 0 Å². The number of nitrogens with one attached hydrogen (secondary N) is 3. The lowest BCUT2D eigenvalue weighted by molar-refractivity contribution is -0.120. The zero-order valence-electron chi connectivity index (χ0n) is 14.8. The van der Waals surface area contributed by atoms with Crippen molar-refractivity contribution in [2.24, 2.45) is 5.10 Å². The number of aromatic nitrogens is 1. The number of benzene rings is 2. The number of hydrazone groups is 1. The van der Waals surface area contributed by atoms with Crippen molar-refractivity contribution in [3.63, 3.8) is 0 Å². The maximum absolute atomic E-state index is 12.1. The minimum atomic E-state index is -0.254. The van der Waals surface area contributed by atoms with Gasteiger partial charge in [-0.15, -0.1) is 0 Å². The quantitative estimate of drug-likeness (QED) is 0.446. The smallest absolute Gasteiger partial charge is 0.244 e. The van der Waals surface area contributed by atoms with E-state index in [0.29, 0.717) is 16.4 Å². The van der Waals surface area contributed by atoms with E-state index in [1.54, 1.807) is 31.2 Å². The monoisotopic (exact) mass is 382 g/mol. The summed E-state index contributed by atoms with van der Waals surface area (Å²) < 4.78 is 0. The second-order valence-corrected chi connectivity index (χ2v) is 6.53. The van der Waals surface area contributed by atoms with Gasteiger partial charge in [0.05, 0.1) is 23.6 Å². The van der Waals surface area contributed by atoms with Crippen LogP contribution in [0.2, 0.25) is 5.02 Å². The molecule has 0 saturated carbocycles. The van der Waals surface area contributed by atoms with Crippen molar-refractivity contribution in [1.29, 1.82) is 0 Å². The number of para-hydroxylation sites is 2. The van der Waals surface area contributed by atoms with Gasteiger partial charge in [0.1, 0.15) is 0 Å². The number of carbonyl (C=O) groups is 2. The van der Waals surface area contributed by atoms with E-state index in [9.17, 15) is 9.59 Å². The Labute approximate surface area is 161 Å². The van der Waals surface area contributed by atoms with Gasteiger partial charge in [0, 0.05) is 22.8 Å². The van der Waals surface area contributed by atoms with Crippen LogP contribution in [0.25, 0.3) is 10.9 Å². The first-order valence-corrected chi connectivity index (χ1v) is 8.82. The summed E-state index contributed by atoms with van der Waals surface area (Å²) in [6.45, 7) is 1.68. The van der Waals surface area contributed by atoms with Crippen LogP contribution in [0.15, 0.2) is 59.8 Å². The lowest BCUT2D eigenvalue weighted by Crippen LogP contribution is -2.22. The molecule has 138 valence electrons. The molecule has 0 unspecified atom stereocenters. The van der Waals surface area contributed by atoms with Crippen LogP contribution >= 0.6 is 11.6 Å². The first-order valence-electron chi connectivity index (χ1n) is 8.44. The average molecular weight is 383 g/mol. The summed E-state index contributed by atoms with van der Waals surface area (Å²) in [5.74, 6) is -0.499. The third-order valence-electron chi connectivity index (χ3n) is 3.96. The average Bonchev–Trinajstić information content (AvgIpc) is 3.05. The summed E-state index contributed by atoms with van der Waals surface area (Å²) >= 11 is 6.01. The van der Waals surface area contributed by atoms with Crippen LogP contribution in [-0.4, -0.2) is 22.5 Å². The van der Waals surface area contributed by atoms with Crippen molar-refractivity contribution < 1.29 is 9.59 Å². The van der Waals surface area contributed by atoms with E-state index in [0.717, 1.165) is 16.5 Å². The zero-order chi connectivity index (χ0) is 19.2. The minimum absolute atomic E-state index is 0.0542. The molecule has 6 nitrogen and oxygen atoms in total. The Morgan fingerprint density at radius 1 is 1.07 bits per heavy atom. The Morgan fingerprint density at radius 3 is 2.63 bits per heavy atom. The maximum atomic E-state index is 12.1. The standard InChI is InChI=1S/C20H19ClN4O2/c1-13(10-19(26)23-18-9-5-3-7-16(18)21)24-25-20(27)11-14-12-22-17-8-4-2-6-15(14)17/h2-9,12,22H,10-11H2,1H3,(H,23,26)(H,25,27)/b24-13-. The van der Waals surface area contributed by atoms with Crippen molar-refractivity contribution >= 4 is 45.7 Å². The Bertz CT molecular complexity index is 1010. The number of fused-ring (bicyclic) bond motifs is 1. The predicted octanol–water partition coefficient (Wildman–Crippen LogP) is 3.88. The molecule has 1 aromatic heterocycles. The molecule has 0 radical (unpaired) electrons. The largest absolute Gasteiger partial charge is 0.361 e. The van der Waals surface area contributed by atoms with Gasteiger partial charge in [-0.05, 0) is 30.7 Å². The number of nitrogens with zero attached hydrogens (tertiary/aromatic N) is 1. The van der Waals surface area contributed by atoms with Crippen molar-refractivity contribution in [2.75, 3.05) is 5.32 Å². The highest BCUT2D eigenvalue weighted by atomic mass is 35.5. The zero-order valence-corrected chi connectivity index (χ0v) is 15.5. The minimum Gasteiger partial charge on any atom is -0.361 e. The fourth-order valence-electron chi connectivity index (χ4n) is 2.68. The first kappa shape index (κ1) is 18.7. The number of anilines is 1. The van der Waals surface area contributed by atoms with Crippen molar-refractivity contribution in [1.82, 2.24) is 10.4 Å². The summed E-state index contributed by atoms with van der Waals surface area (Å²) in [6, 6.07) is 14.8. The number of aromatic amines is 1. The van der Waals surface area contributed by atoms with E-state index in [1.165, 1.54) is 0 Å². The molecule has 0 fully saturated rings. The summed E-state index contributed by atoms with van der Waals surface area (Å²) in [5, 5.41) is 8.19. The summed E-state index contributed by atoms with van der Waals surface area (Å²) in [5.41, 5.74) is 5.41. The maximum Gasteiger partial charge on any atom is 0.244 e. The number of halogens is 1. The highest BCUT2D eigenvalue weighted by Crippen LogP contribution is 2.20. The van der Waals surface area contributed by atoms with Gasteiger partial charge in [0.25, 0.3) is 0 Å². The lowest BCUT2D eigenvalue weighted by atomic mass is 10.1. The fraction of sp³-hybridized carbons (Fsp3) is 0.150. The van der Waals surface area contributed by atoms with Gasteiger partial charge >= 0.3 is 0 Å². The number of amides is 2. The number of hydrogen-bond donors (Lipinski definition) is 3. The molecule has 3 rings (SSSR count). The van der Waals surface area contributed by atoms with Crippen LogP contribution in [-0.2, 0) is 16.0 Å². The number of hydrogen-bond acceptors (Lipinski definition) is 3. The molecular formula is C20H19ClN4O2. The Hall–Kier alpha value is -3.12. The highest BCUT2D eigenvalue weighted by Gasteiger charge is 2.10. The summed E-state index contributed by atoms with van der Waals surface area (Å²) in [6.07, 6.45) is 2.07. The van der Waals surface area contributed by atoms with E-state index >= 15 is 0 Å². The highest BCUT2D eigenvalue weighted by molar-refractivity contribution is 6.33. The van der Waals surface area contributed by atoms with Gasteiger partial charge < -0.3 is 10.3 Å². The number of H-pyrrole nitrogens is 1. The molecule has 0 aliphatic carbocycles. The molecule has 3 N–H and O–H groups in total. The van der Waals surface area contributed by atoms with E-state index in [2.05, 4.69) is 20.8 Å². The Balaban J connectivity index is 1.53. The Kier molecular flexibility index (Phi) is 5.88. The van der Waals surface area contributed by atoms with Crippen LogP contribution in [0.5, 0.6) is 0 Å². The Morgan fingerprint density at radius 2 is 1.81 bits per heavy atom. The fourth-order valence-corrected chi connectivity index (χ4v) is 2.86. The van der Waals surface area contributed by atoms with Gasteiger partial charge in [-0.1, -0.05) is 41.9 Å². The molecule has 2 amide bonds. The molecule has 0 spiro atoms. The van der Waals surface area contributed by atoms with E-state index in [-0.39, 0.29) is 24.7 Å². The van der Waals surface area contributed by atoms with Gasteiger partial charge in [-0.3, -0.25) is 9.59 Å². The van der Waals surface area contributed by atoms with Gasteiger partial charge in [0.2, 0.25) is 11.8 Å². The van der Waals surface area contributed by atoms with E-state index in [4.69, 9.17) is 11.6 Å². The first-order chi connectivity index (χ1) is 13.0. The molecule has 27 heavy (non-hydrogen) atoms. The van der Waals surface area contributed by atoms with Gasteiger partial charge in [-0.25, -0.2) is 5.43 Å². The molecule has 0 bridgehead atoms. The van der Waals surface area contributed by atoms with Gasteiger partial charge in [0.15, 0.2) is 0 Å².